The Kier molecular flexibility index (Phi) is 5.91. The Morgan fingerprint density at radius 3 is 2.84 bits per heavy atom. The molecule has 2 aromatic rings. The third kappa shape index (κ3) is 4.11. The zero-order chi connectivity index (χ0) is 21.8. The first-order chi connectivity index (χ1) is 15.1. The van der Waals surface area contributed by atoms with Crippen molar-refractivity contribution in [3.8, 4) is 6.07 Å². The number of fused-ring (bicyclic) bond motifs is 1. The van der Waals surface area contributed by atoms with E-state index in [2.05, 4.69) is 42.8 Å². The van der Waals surface area contributed by atoms with Crippen LogP contribution < -0.4 is 5.32 Å². The van der Waals surface area contributed by atoms with Crippen LogP contribution in [0.1, 0.15) is 11.1 Å². The lowest BCUT2D eigenvalue weighted by atomic mass is 10.0. The molecule has 0 saturated carbocycles. The van der Waals surface area contributed by atoms with Crippen LogP contribution >= 0.6 is 0 Å². The van der Waals surface area contributed by atoms with Gasteiger partial charge in [0.05, 0.1) is 25.3 Å². The average Bonchev–Trinajstić information content (AvgIpc) is 3.23. The van der Waals surface area contributed by atoms with E-state index in [0.29, 0.717) is 27.9 Å². The smallest absolute Gasteiger partial charge is 0.313 e. The Morgan fingerprint density at radius 2 is 2.10 bits per heavy atom. The van der Waals surface area contributed by atoms with Crippen LogP contribution in [0.15, 0.2) is 57.4 Å². The van der Waals surface area contributed by atoms with Gasteiger partial charge in [-0.25, -0.2) is 9.38 Å². The molecule has 0 unspecified atom stereocenters. The molecule has 1 fully saturated rings. The summed E-state index contributed by atoms with van der Waals surface area (Å²) in [6.45, 7) is 6.92. The van der Waals surface area contributed by atoms with Gasteiger partial charge in [0, 0.05) is 60.6 Å². The van der Waals surface area contributed by atoms with Gasteiger partial charge in [0.15, 0.2) is 0 Å². The fourth-order valence-corrected chi connectivity index (χ4v) is 3.62. The number of methoxy groups -OCH3 is 1. The Hall–Kier alpha value is -3.77. The number of halogens is 1. The third-order valence-electron chi connectivity index (χ3n) is 5.13. The van der Waals surface area contributed by atoms with Crippen molar-refractivity contribution in [2.45, 2.75) is 0 Å². The molecule has 2 aliphatic rings. The number of hydrogen-bond acceptors (Lipinski definition) is 7. The van der Waals surface area contributed by atoms with Gasteiger partial charge in [0.25, 0.3) is 0 Å². The maximum atomic E-state index is 15.2. The fourth-order valence-electron chi connectivity index (χ4n) is 3.62. The highest BCUT2D eigenvalue weighted by Crippen LogP contribution is 2.31. The standard InChI is InChI=1S/C22H22FN7O/c1-14-11-27-20(16-12-26-18-5-3-4-15(10-24)19(16)18)17(23)13-28-22(31-2)29-21(14)30-8-6-25-7-9-30/h3-5,11-12,25-26H,1,6-9,13H2,2H3/b20-17+,27-11-,28-22+,29-21+. The molecule has 9 heteroatoms. The van der Waals surface area contributed by atoms with Gasteiger partial charge in [-0.1, -0.05) is 12.6 Å². The van der Waals surface area contributed by atoms with Gasteiger partial charge in [0.1, 0.15) is 17.4 Å². The molecule has 158 valence electrons. The molecule has 31 heavy (non-hydrogen) atoms. The van der Waals surface area contributed by atoms with E-state index in [9.17, 15) is 5.26 Å². The third-order valence-corrected chi connectivity index (χ3v) is 5.13. The van der Waals surface area contributed by atoms with Crippen LogP contribution in [0.3, 0.4) is 0 Å². The first-order valence-corrected chi connectivity index (χ1v) is 9.87. The molecule has 3 heterocycles. The highest BCUT2D eigenvalue weighted by Gasteiger charge is 2.21. The van der Waals surface area contributed by atoms with E-state index in [4.69, 9.17) is 4.74 Å². The largest absolute Gasteiger partial charge is 0.467 e. The molecule has 2 N–H and O–H groups in total. The van der Waals surface area contributed by atoms with Crippen LogP contribution in [0.5, 0.6) is 0 Å². The van der Waals surface area contributed by atoms with Crippen molar-refractivity contribution in [2.24, 2.45) is 15.0 Å². The molecular formula is C22H22FN7O. The Bertz CT molecular complexity index is 1180. The lowest BCUT2D eigenvalue weighted by molar-refractivity contribution is 0.355. The SMILES string of the molecule is C=C1/C=N\C(c2c[nH]c3cccc(C#N)c23)=C(\F)C/N=C(OC)\N=C/1N1CCNCC1. The number of rotatable bonds is 1. The quantitative estimate of drug-likeness (QED) is 0.742. The highest BCUT2D eigenvalue weighted by molar-refractivity contribution is 6.18. The number of nitrogens with one attached hydrogen (secondary N) is 2. The topological polar surface area (TPSA) is 101 Å². The summed E-state index contributed by atoms with van der Waals surface area (Å²) in [4.78, 5) is 18.2. The zero-order valence-corrected chi connectivity index (χ0v) is 17.2. The number of ether oxygens (including phenoxy) is 1. The average molecular weight is 419 g/mol. The van der Waals surface area contributed by atoms with Crippen LogP contribution in [0.4, 0.5) is 4.39 Å². The monoisotopic (exact) mass is 419 g/mol. The number of amidine groups is 2. The normalized spacial score (nSPS) is 24.7. The number of hydrogen-bond donors (Lipinski definition) is 2. The van der Waals surface area contributed by atoms with Crippen molar-refractivity contribution in [2.75, 3.05) is 39.8 Å². The molecule has 4 rings (SSSR count). The first kappa shape index (κ1) is 20.5. The lowest BCUT2D eigenvalue weighted by Gasteiger charge is -2.30. The summed E-state index contributed by atoms with van der Waals surface area (Å²) in [5, 5.41) is 13.4. The molecule has 1 aromatic heterocycles. The van der Waals surface area contributed by atoms with Crippen LogP contribution in [-0.2, 0) is 4.74 Å². The molecular weight excluding hydrogens is 397 g/mol. The van der Waals surface area contributed by atoms with Crippen LogP contribution in [0.25, 0.3) is 16.6 Å². The predicted octanol–water partition coefficient (Wildman–Crippen LogP) is 2.62. The molecule has 0 amide bonds. The van der Waals surface area contributed by atoms with Crippen molar-refractivity contribution in [1.82, 2.24) is 15.2 Å². The summed E-state index contributed by atoms with van der Waals surface area (Å²) in [7, 11) is 1.45. The summed E-state index contributed by atoms with van der Waals surface area (Å²) in [5.41, 5.74) is 2.26. The number of nitriles is 1. The fraction of sp³-hybridized carbons (Fsp3) is 0.273. The van der Waals surface area contributed by atoms with E-state index in [-0.39, 0.29) is 18.3 Å². The van der Waals surface area contributed by atoms with Gasteiger partial charge < -0.3 is 19.9 Å². The summed E-state index contributed by atoms with van der Waals surface area (Å²) >= 11 is 0. The second-order valence-electron chi connectivity index (χ2n) is 7.05. The van der Waals surface area contributed by atoms with Crippen molar-refractivity contribution in [3.05, 3.63) is 53.5 Å². The van der Waals surface area contributed by atoms with E-state index < -0.39 is 5.83 Å². The molecule has 1 saturated heterocycles. The minimum absolute atomic E-state index is 0.0659. The zero-order valence-electron chi connectivity index (χ0n) is 17.2. The number of aliphatic imine (C=N–C) groups is 3. The van der Waals surface area contributed by atoms with E-state index >= 15 is 4.39 Å². The van der Waals surface area contributed by atoms with Crippen molar-refractivity contribution >= 4 is 34.7 Å². The summed E-state index contributed by atoms with van der Waals surface area (Å²) in [6, 6.07) is 7.52. The van der Waals surface area contributed by atoms with Gasteiger partial charge in [0.2, 0.25) is 0 Å². The highest BCUT2D eigenvalue weighted by atomic mass is 19.1. The van der Waals surface area contributed by atoms with E-state index in [0.717, 1.165) is 31.7 Å². The maximum absolute atomic E-state index is 15.2. The van der Waals surface area contributed by atoms with Gasteiger partial charge in [-0.05, 0) is 12.1 Å². The number of aromatic nitrogens is 1. The summed E-state index contributed by atoms with van der Waals surface area (Å²) in [6.07, 6.45) is 3.15. The minimum atomic E-state index is -0.562. The molecule has 8 nitrogen and oxygen atoms in total. The Labute approximate surface area is 179 Å². The van der Waals surface area contributed by atoms with E-state index in [1.54, 1.807) is 18.3 Å². The van der Waals surface area contributed by atoms with Crippen molar-refractivity contribution < 1.29 is 9.13 Å². The molecule has 0 spiro atoms. The van der Waals surface area contributed by atoms with Gasteiger partial charge in [-0.2, -0.15) is 10.3 Å². The summed E-state index contributed by atoms with van der Waals surface area (Å²) in [5.74, 6) is 0.0252. The molecule has 0 bridgehead atoms. The van der Waals surface area contributed by atoms with Gasteiger partial charge >= 0.3 is 6.02 Å². The minimum Gasteiger partial charge on any atom is -0.467 e. The molecule has 2 aliphatic heterocycles. The lowest BCUT2D eigenvalue weighted by Crippen LogP contribution is -2.47. The number of piperazine rings is 1. The molecule has 0 radical (unpaired) electrons. The van der Waals surface area contributed by atoms with Crippen LogP contribution in [0, 0.1) is 11.3 Å². The van der Waals surface area contributed by atoms with Gasteiger partial charge in [-0.15, -0.1) is 0 Å². The Morgan fingerprint density at radius 1 is 1.29 bits per heavy atom. The second-order valence-corrected chi connectivity index (χ2v) is 7.05. The number of H-pyrrole nitrogens is 1. The molecule has 0 atom stereocenters. The number of nitrogens with zero attached hydrogens (tertiary/aromatic N) is 5. The number of aromatic amines is 1. The van der Waals surface area contributed by atoms with Crippen LogP contribution in [-0.4, -0.2) is 67.8 Å². The number of benzene rings is 1. The molecule has 0 aliphatic carbocycles. The van der Waals surface area contributed by atoms with Crippen LogP contribution in [0.2, 0.25) is 0 Å². The maximum Gasteiger partial charge on any atom is 0.313 e. The summed E-state index contributed by atoms with van der Waals surface area (Å²) < 4.78 is 20.5. The van der Waals surface area contributed by atoms with Crippen molar-refractivity contribution in [3.63, 3.8) is 0 Å². The predicted molar refractivity (Wildman–Crippen MR) is 120 cm³/mol. The van der Waals surface area contributed by atoms with E-state index in [1.165, 1.54) is 13.3 Å². The Balaban J connectivity index is 1.81. The first-order valence-electron chi connectivity index (χ1n) is 9.87. The van der Waals surface area contributed by atoms with Crippen molar-refractivity contribution in [1.29, 1.82) is 5.26 Å². The van der Waals surface area contributed by atoms with Gasteiger partial charge in [-0.3, -0.25) is 4.99 Å². The molecule has 1 aromatic carbocycles. The second kappa shape index (κ2) is 8.93. The van der Waals surface area contributed by atoms with E-state index in [1.807, 2.05) is 6.07 Å².